The van der Waals surface area contributed by atoms with Crippen molar-refractivity contribution in [3.8, 4) is 5.75 Å². The largest absolute Gasteiger partial charge is 0.497 e. The molecule has 1 aliphatic rings. The molecule has 0 aromatic heterocycles. The van der Waals surface area contributed by atoms with E-state index in [-0.39, 0.29) is 12.4 Å². The Labute approximate surface area is 145 Å². The molecular formula is C19H18FNO4. The summed E-state index contributed by atoms with van der Waals surface area (Å²) in [6.07, 6.45) is 0. The average Bonchev–Trinajstić information content (AvgIpc) is 3.38. The number of hydrogen-bond donors (Lipinski definition) is 0. The van der Waals surface area contributed by atoms with Crippen molar-refractivity contribution in [2.24, 2.45) is 0 Å². The maximum Gasteiger partial charge on any atom is 0.331 e. The molecule has 0 unspecified atom stereocenters. The molecule has 6 heteroatoms. The van der Waals surface area contributed by atoms with Crippen molar-refractivity contribution in [2.75, 3.05) is 18.6 Å². The Morgan fingerprint density at radius 2 is 1.68 bits per heavy atom. The zero-order valence-corrected chi connectivity index (χ0v) is 13.9. The lowest BCUT2D eigenvalue weighted by atomic mass is 10.1. The average molecular weight is 343 g/mol. The van der Waals surface area contributed by atoms with Crippen molar-refractivity contribution < 1.29 is 23.5 Å². The minimum atomic E-state index is -0.675. The minimum absolute atomic E-state index is 0.239. The van der Waals surface area contributed by atoms with E-state index in [0.29, 0.717) is 11.3 Å². The second kappa shape index (κ2) is 6.93. The third-order valence-electron chi connectivity index (χ3n) is 4.10. The molecule has 1 aliphatic heterocycles. The molecule has 0 amide bonds. The van der Waals surface area contributed by atoms with E-state index >= 15 is 0 Å². The normalized spacial score (nSPS) is 18.6. The Morgan fingerprint density at radius 3 is 2.24 bits per heavy atom. The summed E-state index contributed by atoms with van der Waals surface area (Å²) < 4.78 is 23.3. The standard InChI is InChI=1S/C19H18FNO4/c1-3-25-19(23)17-16(18(22)12-4-6-13(20)7-5-12)21(17)14-8-10-15(24-2)11-9-14/h4-11,16-17H,3H2,1-2H3/t16-,17+,21?/m0/s1. The van der Waals surface area contributed by atoms with Gasteiger partial charge < -0.3 is 14.4 Å². The van der Waals surface area contributed by atoms with Gasteiger partial charge in [0.25, 0.3) is 0 Å². The van der Waals surface area contributed by atoms with E-state index in [4.69, 9.17) is 9.47 Å². The first-order valence-electron chi connectivity index (χ1n) is 7.95. The van der Waals surface area contributed by atoms with Crippen LogP contribution < -0.4 is 9.64 Å². The summed E-state index contributed by atoms with van der Waals surface area (Å²) >= 11 is 0. The number of hydrogen-bond acceptors (Lipinski definition) is 5. The topological polar surface area (TPSA) is 55.6 Å². The Hall–Kier alpha value is -2.89. The van der Waals surface area contributed by atoms with Crippen LogP contribution >= 0.6 is 0 Å². The molecule has 2 aromatic rings. The highest BCUT2D eigenvalue weighted by Gasteiger charge is 2.58. The van der Waals surface area contributed by atoms with Crippen molar-refractivity contribution in [2.45, 2.75) is 19.0 Å². The van der Waals surface area contributed by atoms with Gasteiger partial charge in [-0.05, 0) is 55.5 Å². The number of benzene rings is 2. The molecule has 0 aliphatic carbocycles. The first-order valence-corrected chi connectivity index (χ1v) is 7.95. The summed E-state index contributed by atoms with van der Waals surface area (Å²) in [5.41, 5.74) is 1.08. The predicted octanol–water partition coefficient (Wildman–Crippen LogP) is 2.84. The molecule has 0 spiro atoms. The molecule has 5 nitrogen and oxygen atoms in total. The van der Waals surface area contributed by atoms with Crippen molar-refractivity contribution >= 4 is 17.4 Å². The summed E-state index contributed by atoms with van der Waals surface area (Å²) in [6.45, 7) is 1.96. The summed E-state index contributed by atoms with van der Waals surface area (Å²) in [5.74, 6) is -0.423. The molecule has 0 radical (unpaired) electrons. The Kier molecular flexibility index (Phi) is 4.70. The number of carbonyl (C=O) groups excluding carboxylic acids is 2. The monoisotopic (exact) mass is 343 g/mol. The summed E-state index contributed by atoms with van der Waals surface area (Å²) in [7, 11) is 1.56. The first kappa shape index (κ1) is 17.0. The zero-order chi connectivity index (χ0) is 18.0. The third kappa shape index (κ3) is 3.33. The quantitative estimate of drug-likeness (QED) is 0.459. The van der Waals surface area contributed by atoms with E-state index in [1.54, 1.807) is 43.2 Å². The summed E-state index contributed by atoms with van der Waals surface area (Å²) in [6, 6.07) is 11.0. The molecule has 1 fully saturated rings. The number of anilines is 1. The van der Waals surface area contributed by atoms with Gasteiger partial charge in [-0.2, -0.15) is 0 Å². The molecular weight excluding hydrogens is 325 g/mol. The zero-order valence-electron chi connectivity index (χ0n) is 13.9. The van der Waals surface area contributed by atoms with Gasteiger partial charge in [-0.15, -0.1) is 0 Å². The Morgan fingerprint density at radius 1 is 1.04 bits per heavy atom. The van der Waals surface area contributed by atoms with Crippen LogP contribution in [0.5, 0.6) is 5.75 Å². The van der Waals surface area contributed by atoms with Crippen LogP contribution in [-0.2, 0) is 9.53 Å². The summed E-state index contributed by atoms with van der Waals surface area (Å²) in [4.78, 5) is 26.7. The maximum atomic E-state index is 13.1. The molecule has 0 bridgehead atoms. The molecule has 0 saturated carbocycles. The predicted molar refractivity (Wildman–Crippen MR) is 90.4 cm³/mol. The number of rotatable bonds is 6. The fourth-order valence-electron chi connectivity index (χ4n) is 2.83. The van der Waals surface area contributed by atoms with Gasteiger partial charge >= 0.3 is 5.97 Å². The second-order valence-electron chi connectivity index (χ2n) is 5.62. The SMILES string of the molecule is CCOC(=O)[C@H]1[C@@H](C(=O)c2ccc(F)cc2)N1c1ccc(OC)cc1. The van der Waals surface area contributed by atoms with Gasteiger partial charge in [0.2, 0.25) is 0 Å². The smallest absolute Gasteiger partial charge is 0.331 e. The highest BCUT2D eigenvalue weighted by Crippen LogP contribution is 2.38. The fraction of sp³-hybridized carbons (Fsp3) is 0.263. The number of esters is 1. The molecule has 1 heterocycles. The van der Waals surface area contributed by atoms with Gasteiger partial charge in [-0.1, -0.05) is 0 Å². The fourth-order valence-corrected chi connectivity index (χ4v) is 2.83. The minimum Gasteiger partial charge on any atom is -0.497 e. The highest BCUT2D eigenvalue weighted by molar-refractivity contribution is 6.11. The maximum absolute atomic E-state index is 13.1. The van der Waals surface area contributed by atoms with Gasteiger partial charge in [-0.3, -0.25) is 4.79 Å². The van der Waals surface area contributed by atoms with Crippen molar-refractivity contribution in [1.29, 1.82) is 0 Å². The summed E-state index contributed by atoms with van der Waals surface area (Å²) in [5, 5.41) is 0. The Balaban J connectivity index is 1.87. The van der Waals surface area contributed by atoms with E-state index in [0.717, 1.165) is 5.69 Å². The van der Waals surface area contributed by atoms with Crippen LogP contribution in [0.25, 0.3) is 0 Å². The highest BCUT2D eigenvalue weighted by atomic mass is 19.1. The molecule has 3 rings (SSSR count). The van der Waals surface area contributed by atoms with Crippen LogP contribution in [0.2, 0.25) is 0 Å². The second-order valence-corrected chi connectivity index (χ2v) is 5.62. The van der Waals surface area contributed by atoms with Crippen LogP contribution in [0, 0.1) is 5.82 Å². The van der Waals surface area contributed by atoms with Crippen LogP contribution in [-0.4, -0.2) is 37.6 Å². The van der Waals surface area contributed by atoms with E-state index in [9.17, 15) is 14.0 Å². The third-order valence-corrected chi connectivity index (χ3v) is 4.10. The lowest BCUT2D eigenvalue weighted by molar-refractivity contribution is -0.142. The van der Waals surface area contributed by atoms with Gasteiger partial charge in [-0.25, -0.2) is 9.18 Å². The van der Waals surface area contributed by atoms with Crippen molar-refractivity contribution in [3.05, 3.63) is 59.9 Å². The molecule has 2 aromatic carbocycles. The van der Waals surface area contributed by atoms with E-state index in [2.05, 4.69) is 0 Å². The number of ether oxygens (including phenoxy) is 2. The first-order chi connectivity index (χ1) is 12.1. The van der Waals surface area contributed by atoms with Gasteiger partial charge in [0.1, 0.15) is 17.6 Å². The van der Waals surface area contributed by atoms with Crippen LogP contribution in [0.1, 0.15) is 17.3 Å². The number of Topliss-reactive ketones (excluding diaryl/α,β-unsaturated/α-hetero) is 1. The molecule has 1 saturated heterocycles. The number of nitrogens with zero attached hydrogens (tertiary/aromatic N) is 1. The molecule has 2 atom stereocenters. The van der Waals surface area contributed by atoms with Gasteiger partial charge in [0.15, 0.2) is 11.8 Å². The van der Waals surface area contributed by atoms with Crippen LogP contribution in [0.15, 0.2) is 48.5 Å². The lowest BCUT2D eigenvalue weighted by Crippen LogP contribution is -2.18. The van der Waals surface area contributed by atoms with Gasteiger partial charge in [0.05, 0.1) is 13.7 Å². The van der Waals surface area contributed by atoms with Crippen LogP contribution in [0.3, 0.4) is 0 Å². The number of halogens is 1. The number of carbonyl (C=O) groups is 2. The lowest BCUT2D eigenvalue weighted by Gasteiger charge is -2.07. The molecule has 25 heavy (non-hydrogen) atoms. The molecule has 130 valence electrons. The van der Waals surface area contributed by atoms with Crippen LogP contribution in [0.4, 0.5) is 10.1 Å². The molecule has 0 N–H and O–H groups in total. The number of ketones is 1. The van der Waals surface area contributed by atoms with E-state index in [1.165, 1.54) is 24.3 Å². The van der Waals surface area contributed by atoms with E-state index in [1.807, 2.05) is 0 Å². The van der Waals surface area contributed by atoms with Gasteiger partial charge in [0, 0.05) is 11.3 Å². The van der Waals surface area contributed by atoms with Crippen molar-refractivity contribution in [1.82, 2.24) is 0 Å². The van der Waals surface area contributed by atoms with E-state index < -0.39 is 23.9 Å². The van der Waals surface area contributed by atoms with Crippen molar-refractivity contribution in [3.63, 3.8) is 0 Å². The Bertz CT molecular complexity index is 773. The number of methoxy groups -OCH3 is 1.